The molecule has 4 rings (SSSR count). The van der Waals surface area contributed by atoms with E-state index in [2.05, 4.69) is 15.4 Å². The summed E-state index contributed by atoms with van der Waals surface area (Å²) in [7, 11) is 0. The number of aromatic nitrogens is 4. The average molecular weight is 375 g/mol. The Balaban J connectivity index is 1.34. The molecule has 0 aliphatic rings. The van der Waals surface area contributed by atoms with Crippen LogP contribution in [-0.4, -0.2) is 31.6 Å². The van der Waals surface area contributed by atoms with Gasteiger partial charge in [-0.2, -0.15) is 0 Å². The third-order valence-electron chi connectivity index (χ3n) is 4.08. The first-order valence-corrected chi connectivity index (χ1v) is 8.71. The summed E-state index contributed by atoms with van der Waals surface area (Å²) in [5.74, 6) is 1.00. The molecular formula is C20H17N5O3. The van der Waals surface area contributed by atoms with Crippen LogP contribution in [0.25, 0.3) is 5.65 Å². The first-order valence-electron chi connectivity index (χ1n) is 8.71. The number of ether oxygens (including phenoxy) is 1. The number of pyridine rings is 2. The van der Waals surface area contributed by atoms with Crippen LogP contribution < -0.4 is 15.7 Å². The van der Waals surface area contributed by atoms with E-state index in [0.717, 1.165) is 0 Å². The van der Waals surface area contributed by atoms with Gasteiger partial charge < -0.3 is 10.1 Å². The predicted molar refractivity (Wildman–Crippen MR) is 103 cm³/mol. The van der Waals surface area contributed by atoms with E-state index in [9.17, 15) is 9.59 Å². The number of carbonyl (C=O) groups excluding carboxylic acids is 1. The summed E-state index contributed by atoms with van der Waals surface area (Å²) in [6, 6.07) is 15.7. The lowest BCUT2D eigenvalue weighted by atomic mass is 10.2. The van der Waals surface area contributed by atoms with Crippen LogP contribution in [0.5, 0.6) is 11.5 Å². The molecule has 28 heavy (non-hydrogen) atoms. The topological polar surface area (TPSA) is 90.5 Å². The zero-order chi connectivity index (χ0) is 19.3. The number of rotatable bonds is 6. The van der Waals surface area contributed by atoms with Gasteiger partial charge in [-0.25, -0.2) is 9.48 Å². The van der Waals surface area contributed by atoms with E-state index in [4.69, 9.17) is 4.74 Å². The predicted octanol–water partition coefficient (Wildman–Crippen LogP) is 2.11. The molecule has 0 aliphatic heterocycles. The molecule has 1 N–H and O–H groups in total. The summed E-state index contributed by atoms with van der Waals surface area (Å²) in [6.45, 7) is 0.574. The van der Waals surface area contributed by atoms with Gasteiger partial charge in [0.2, 0.25) is 0 Å². The van der Waals surface area contributed by atoms with Crippen molar-refractivity contribution in [3.05, 3.63) is 89.2 Å². The van der Waals surface area contributed by atoms with Crippen LogP contribution in [0.1, 0.15) is 10.4 Å². The zero-order valence-electron chi connectivity index (χ0n) is 14.9. The molecule has 0 radical (unpaired) electrons. The van der Waals surface area contributed by atoms with Crippen molar-refractivity contribution in [2.75, 3.05) is 6.54 Å². The Bertz CT molecular complexity index is 1150. The maximum Gasteiger partial charge on any atom is 0.350 e. The Kier molecular flexibility index (Phi) is 4.83. The molecule has 3 aromatic heterocycles. The van der Waals surface area contributed by atoms with E-state index in [0.29, 0.717) is 22.7 Å². The zero-order valence-corrected chi connectivity index (χ0v) is 14.9. The molecule has 0 spiro atoms. The van der Waals surface area contributed by atoms with Gasteiger partial charge in [-0.15, -0.1) is 5.10 Å². The number of carbonyl (C=O) groups is 1. The van der Waals surface area contributed by atoms with Crippen LogP contribution in [0, 0.1) is 0 Å². The van der Waals surface area contributed by atoms with Crippen molar-refractivity contribution >= 4 is 11.6 Å². The molecule has 0 saturated heterocycles. The molecule has 0 aliphatic carbocycles. The number of nitrogens with one attached hydrogen (secondary N) is 1. The molecule has 0 bridgehead atoms. The van der Waals surface area contributed by atoms with Gasteiger partial charge in [0.15, 0.2) is 5.65 Å². The highest BCUT2D eigenvalue weighted by molar-refractivity contribution is 5.94. The van der Waals surface area contributed by atoms with Crippen LogP contribution in [0.3, 0.4) is 0 Å². The highest BCUT2D eigenvalue weighted by Gasteiger charge is 2.08. The molecule has 4 aromatic rings. The lowest BCUT2D eigenvalue weighted by Gasteiger charge is -2.07. The highest BCUT2D eigenvalue weighted by atomic mass is 16.5. The molecule has 8 nitrogen and oxygen atoms in total. The Hall–Kier alpha value is -3.94. The normalized spacial score (nSPS) is 10.7. The molecule has 140 valence electrons. The quantitative estimate of drug-likeness (QED) is 0.557. The smallest absolute Gasteiger partial charge is 0.350 e. The molecule has 0 unspecified atom stereocenters. The van der Waals surface area contributed by atoms with Crippen molar-refractivity contribution in [2.45, 2.75) is 6.54 Å². The fraction of sp³-hybridized carbons (Fsp3) is 0.100. The third-order valence-corrected chi connectivity index (χ3v) is 4.08. The van der Waals surface area contributed by atoms with Gasteiger partial charge >= 0.3 is 5.69 Å². The molecule has 0 saturated carbocycles. The van der Waals surface area contributed by atoms with Gasteiger partial charge in [0.05, 0.1) is 12.7 Å². The van der Waals surface area contributed by atoms with Crippen molar-refractivity contribution in [1.82, 2.24) is 24.5 Å². The summed E-state index contributed by atoms with van der Waals surface area (Å²) in [5.41, 5.74) is 0.839. The van der Waals surface area contributed by atoms with Crippen molar-refractivity contribution < 1.29 is 9.53 Å². The summed E-state index contributed by atoms with van der Waals surface area (Å²) in [5, 5.41) is 7.02. The first kappa shape index (κ1) is 17.5. The molecule has 3 heterocycles. The average Bonchev–Trinajstić information content (AvgIpc) is 3.05. The molecular weight excluding hydrogens is 358 g/mol. The van der Waals surface area contributed by atoms with Crippen LogP contribution >= 0.6 is 0 Å². The summed E-state index contributed by atoms with van der Waals surface area (Å²) >= 11 is 0. The van der Waals surface area contributed by atoms with E-state index in [1.165, 1.54) is 9.08 Å². The number of fused-ring (bicyclic) bond motifs is 1. The van der Waals surface area contributed by atoms with Crippen LogP contribution in [-0.2, 0) is 6.54 Å². The van der Waals surface area contributed by atoms with Crippen molar-refractivity contribution in [2.24, 2.45) is 0 Å². The second kappa shape index (κ2) is 7.75. The van der Waals surface area contributed by atoms with E-state index >= 15 is 0 Å². The van der Waals surface area contributed by atoms with E-state index in [1.54, 1.807) is 67.1 Å². The number of hydrogen-bond acceptors (Lipinski definition) is 5. The number of benzene rings is 1. The second-order valence-corrected chi connectivity index (χ2v) is 6.01. The van der Waals surface area contributed by atoms with E-state index in [-0.39, 0.29) is 24.7 Å². The summed E-state index contributed by atoms with van der Waals surface area (Å²) in [6.07, 6.45) is 4.94. The minimum atomic E-state index is -0.234. The van der Waals surface area contributed by atoms with Gasteiger partial charge in [0, 0.05) is 24.5 Å². The molecule has 1 amide bonds. The van der Waals surface area contributed by atoms with Crippen molar-refractivity contribution in [3.63, 3.8) is 0 Å². The summed E-state index contributed by atoms with van der Waals surface area (Å²) in [4.78, 5) is 28.5. The fourth-order valence-corrected chi connectivity index (χ4v) is 2.71. The van der Waals surface area contributed by atoms with E-state index < -0.39 is 0 Å². The van der Waals surface area contributed by atoms with Crippen molar-refractivity contribution in [1.29, 1.82) is 0 Å². The number of hydrogen-bond donors (Lipinski definition) is 1. The van der Waals surface area contributed by atoms with Crippen LogP contribution in [0.2, 0.25) is 0 Å². The maximum absolute atomic E-state index is 12.3. The molecule has 8 heteroatoms. The lowest BCUT2D eigenvalue weighted by Crippen LogP contribution is -2.31. The lowest BCUT2D eigenvalue weighted by molar-refractivity contribution is 0.0952. The van der Waals surface area contributed by atoms with Gasteiger partial charge in [0.25, 0.3) is 5.91 Å². The van der Waals surface area contributed by atoms with Gasteiger partial charge in [-0.3, -0.25) is 14.2 Å². The SMILES string of the molecule is O=C(NCCn1nc2ccccn2c1=O)c1ccc(Oc2cccnc2)cc1. The largest absolute Gasteiger partial charge is 0.456 e. The minimum Gasteiger partial charge on any atom is -0.456 e. The number of nitrogens with zero attached hydrogens (tertiary/aromatic N) is 4. The Morgan fingerprint density at radius 2 is 1.89 bits per heavy atom. The minimum absolute atomic E-state index is 0.232. The van der Waals surface area contributed by atoms with Crippen LogP contribution in [0.15, 0.2) is 78.0 Å². The van der Waals surface area contributed by atoms with Crippen LogP contribution in [0.4, 0.5) is 0 Å². The molecule has 0 fully saturated rings. The Morgan fingerprint density at radius 1 is 1.04 bits per heavy atom. The Labute approximate surface area is 160 Å². The Morgan fingerprint density at radius 3 is 2.64 bits per heavy atom. The summed E-state index contributed by atoms with van der Waals surface area (Å²) < 4.78 is 8.45. The first-order chi connectivity index (χ1) is 13.7. The van der Waals surface area contributed by atoms with Gasteiger partial charge in [-0.1, -0.05) is 6.07 Å². The monoisotopic (exact) mass is 375 g/mol. The van der Waals surface area contributed by atoms with E-state index in [1.807, 2.05) is 6.07 Å². The maximum atomic E-state index is 12.3. The number of amides is 1. The molecule has 0 atom stereocenters. The molecule has 1 aromatic carbocycles. The van der Waals surface area contributed by atoms with Crippen molar-refractivity contribution in [3.8, 4) is 11.5 Å². The fourth-order valence-electron chi connectivity index (χ4n) is 2.71. The standard InChI is InChI=1S/C20H17N5O3/c26-19(15-6-8-16(9-7-15)28-17-4-3-10-21-14-17)22-11-13-25-20(27)24-12-2-1-5-18(24)23-25/h1-10,12,14H,11,13H2,(H,22,26). The highest BCUT2D eigenvalue weighted by Crippen LogP contribution is 2.20. The third kappa shape index (κ3) is 3.75. The van der Waals surface area contributed by atoms with Gasteiger partial charge in [0.1, 0.15) is 11.5 Å². The second-order valence-electron chi connectivity index (χ2n) is 6.01. The van der Waals surface area contributed by atoms with Gasteiger partial charge in [-0.05, 0) is 48.5 Å².